The summed E-state index contributed by atoms with van der Waals surface area (Å²) in [4.78, 5) is 25.0. The summed E-state index contributed by atoms with van der Waals surface area (Å²) in [7, 11) is 0. The van der Waals surface area contributed by atoms with E-state index in [9.17, 15) is 14.0 Å². The van der Waals surface area contributed by atoms with E-state index in [1.54, 1.807) is 36.4 Å². The molecule has 2 aromatic carbocycles. The molecule has 0 spiro atoms. The minimum absolute atomic E-state index is 0.124. The Morgan fingerprint density at radius 1 is 0.629 bits per heavy atom. The average molecular weight is 485 g/mol. The highest BCUT2D eigenvalue weighted by Gasteiger charge is 2.19. The summed E-state index contributed by atoms with van der Waals surface area (Å²) in [6, 6.07) is 12.5. The van der Waals surface area contributed by atoms with Crippen molar-refractivity contribution in [1.82, 2.24) is 0 Å². The molecule has 2 rings (SSSR count). The van der Waals surface area contributed by atoms with Gasteiger partial charge in [-0.15, -0.1) is 0 Å². The maximum Gasteiger partial charge on any atom is 0.339 e. The Balaban J connectivity index is 1.60. The lowest BCUT2D eigenvalue weighted by Crippen LogP contribution is -2.14. The van der Waals surface area contributed by atoms with Crippen LogP contribution in [0.25, 0.3) is 0 Å². The molecular formula is C30H41FO4. The van der Waals surface area contributed by atoms with E-state index >= 15 is 0 Å². The van der Waals surface area contributed by atoms with Gasteiger partial charge in [-0.3, -0.25) is 0 Å². The Bertz CT molecular complexity index is 880. The van der Waals surface area contributed by atoms with Gasteiger partial charge in [-0.05, 0) is 24.6 Å². The average Bonchev–Trinajstić information content (AvgIpc) is 2.88. The maximum absolute atomic E-state index is 13.8. The van der Waals surface area contributed by atoms with Gasteiger partial charge >= 0.3 is 11.9 Å². The number of unbranched alkanes of at least 4 members (excludes halogenated alkanes) is 12. The van der Waals surface area contributed by atoms with Gasteiger partial charge in [-0.1, -0.05) is 114 Å². The van der Waals surface area contributed by atoms with Crippen molar-refractivity contribution >= 4 is 11.9 Å². The SMILES string of the molecule is CCCCCCCCCCCCCCCOC(=O)c1ccccc1C(=O)OCc1ccccc1F. The van der Waals surface area contributed by atoms with Crippen molar-refractivity contribution in [2.75, 3.05) is 6.61 Å². The molecule has 0 unspecified atom stereocenters. The molecule has 35 heavy (non-hydrogen) atoms. The molecule has 0 aromatic heterocycles. The molecule has 192 valence electrons. The minimum atomic E-state index is -0.679. The summed E-state index contributed by atoms with van der Waals surface area (Å²) in [6.45, 7) is 2.38. The van der Waals surface area contributed by atoms with Crippen molar-refractivity contribution in [1.29, 1.82) is 0 Å². The molecule has 0 saturated heterocycles. The normalized spacial score (nSPS) is 10.8. The summed E-state index contributed by atoms with van der Waals surface area (Å²) in [6.07, 6.45) is 16.3. The van der Waals surface area contributed by atoms with Crippen LogP contribution in [-0.2, 0) is 16.1 Å². The lowest BCUT2D eigenvalue weighted by atomic mass is 10.0. The minimum Gasteiger partial charge on any atom is -0.462 e. The van der Waals surface area contributed by atoms with Gasteiger partial charge in [-0.25, -0.2) is 14.0 Å². The topological polar surface area (TPSA) is 52.6 Å². The van der Waals surface area contributed by atoms with Gasteiger partial charge in [0.2, 0.25) is 0 Å². The Kier molecular flexibility index (Phi) is 14.4. The van der Waals surface area contributed by atoms with Crippen LogP contribution in [0.15, 0.2) is 48.5 Å². The predicted octanol–water partition coefficient (Wildman–Crippen LogP) is 8.43. The Morgan fingerprint density at radius 3 is 1.63 bits per heavy atom. The van der Waals surface area contributed by atoms with Gasteiger partial charge in [0.05, 0.1) is 17.7 Å². The van der Waals surface area contributed by atoms with E-state index in [4.69, 9.17) is 9.47 Å². The Labute approximate surface area is 210 Å². The summed E-state index contributed by atoms with van der Waals surface area (Å²) in [5.74, 6) is -1.66. The number of esters is 2. The van der Waals surface area contributed by atoms with E-state index in [2.05, 4.69) is 6.92 Å². The molecule has 0 N–H and O–H groups in total. The highest BCUT2D eigenvalue weighted by atomic mass is 19.1. The van der Waals surface area contributed by atoms with Gasteiger partial charge in [0.1, 0.15) is 12.4 Å². The quantitative estimate of drug-likeness (QED) is 0.157. The van der Waals surface area contributed by atoms with Crippen LogP contribution in [0, 0.1) is 5.82 Å². The molecule has 0 saturated carbocycles. The first-order chi connectivity index (χ1) is 17.1. The highest BCUT2D eigenvalue weighted by Crippen LogP contribution is 2.16. The molecule has 0 heterocycles. The second-order valence-electron chi connectivity index (χ2n) is 9.09. The zero-order chi connectivity index (χ0) is 25.1. The Hall–Kier alpha value is -2.69. The smallest absolute Gasteiger partial charge is 0.339 e. The molecular weight excluding hydrogens is 443 g/mol. The predicted molar refractivity (Wildman–Crippen MR) is 138 cm³/mol. The van der Waals surface area contributed by atoms with Crippen LogP contribution in [0.5, 0.6) is 0 Å². The lowest BCUT2D eigenvalue weighted by molar-refractivity contribution is 0.0433. The number of hydrogen-bond donors (Lipinski definition) is 0. The van der Waals surface area contributed by atoms with Crippen molar-refractivity contribution in [2.24, 2.45) is 0 Å². The van der Waals surface area contributed by atoms with Crippen molar-refractivity contribution in [2.45, 2.75) is 97.0 Å². The monoisotopic (exact) mass is 484 g/mol. The van der Waals surface area contributed by atoms with Crippen LogP contribution < -0.4 is 0 Å². The van der Waals surface area contributed by atoms with Gasteiger partial charge in [0, 0.05) is 5.56 Å². The molecule has 0 aliphatic carbocycles. The van der Waals surface area contributed by atoms with Gasteiger partial charge in [0.15, 0.2) is 0 Å². The van der Waals surface area contributed by atoms with Crippen LogP contribution in [0.3, 0.4) is 0 Å². The van der Waals surface area contributed by atoms with Crippen LogP contribution in [-0.4, -0.2) is 18.5 Å². The van der Waals surface area contributed by atoms with Crippen LogP contribution in [0.1, 0.15) is 117 Å². The zero-order valence-electron chi connectivity index (χ0n) is 21.2. The number of rotatable bonds is 18. The molecule has 2 aromatic rings. The van der Waals surface area contributed by atoms with Crippen molar-refractivity contribution < 1.29 is 23.5 Å². The number of benzene rings is 2. The van der Waals surface area contributed by atoms with Crippen molar-refractivity contribution in [3.8, 4) is 0 Å². The van der Waals surface area contributed by atoms with Crippen LogP contribution >= 0.6 is 0 Å². The standard InChI is InChI=1S/C30H41FO4/c1-2-3-4-5-6-7-8-9-10-11-12-13-18-23-34-29(32)26-20-15-16-21-27(26)30(33)35-24-25-19-14-17-22-28(25)31/h14-17,19-22H,2-13,18,23-24H2,1H3. The number of ether oxygens (including phenoxy) is 2. The maximum atomic E-state index is 13.8. The van der Waals surface area contributed by atoms with E-state index in [1.165, 1.54) is 76.3 Å². The molecule has 0 fully saturated rings. The first-order valence-electron chi connectivity index (χ1n) is 13.3. The Morgan fingerprint density at radius 2 is 1.09 bits per heavy atom. The van der Waals surface area contributed by atoms with Crippen molar-refractivity contribution in [3.63, 3.8) is 0 Å². The largest absolute Gasteiger partial charge is 0.462 e. The molecule has 0 atom stereocenters. The summed E-state index contributed by atoms with van der Waals surface area (Å²) >= 11 is 0. The fraction of sp³-hybridized carbons (Fsp3) is 0.533. The molecule has 0 aliphatic rings. The van der Waals surface area contributed by atoms with E-state index < -0.39 is 17.8 Å². The lowest BCUT2D eigenvalue weighted by Gasteiger charge is -2.10. The first kappa shape index (κ1) is 28.5. The molecule has 0 radical (unpaired) electrons. The second-order valence-corrected chi connectivity index (χ2v) is 9.09. The van der Waals surface area contributed by atoms with Gasteiger partial charge in [0.25, 0.3) is 0 Å². The van der Waals surface area contributed by atoms with Gasteiger partial charge in [-0.2, -0.15) is 0 Å². The fourth-order valence-corrected chi connectivity index (χ4v) is 4.04. The molecule has 0 bridgehead atoms. The van der Waals surface area contributed by atoms with E-state index in [0.717, 1.165) is 19.3 Å². The summed E-state index contributed by atoms with van der Waals surface area (Å²) < 4.78 is 24.4. The molecule has 4 nitrogen and oxygen atoms in total. The summed E-state index contributed by atoms with van der Waals surface area (Å²) in [5.41, 5.74) is 0.572. The summed E-state index contributed by atoms with van der Waals surface area (Å²) in [5, 5.41) is 0. The van der Waals surface area contributed by atoms with E-state index in [0.29, 0.717) is 6.61 Å². The second kappa shape index (κ2) is 17.7. The third-order valence-electron chi connectivity index (χ3n) is 6.16. The van der Waals surface area contributed by atoms with Gasteiger partial charge < -0.3 is 9.47 Å². The third-order valence-corrected chi connectivity index (χ3v) is 6.16. The third kappa shape index (κ3) is 11.5. The van der Waals surface area contributed by atoms with Crippen molar-refractivity contribution in [3.05, 3.63) is 71.0 Å². The number of halogens is 1. The zero-order valence-corrected chi connectivity index (χ0v) is 21.2. The van der Waals surface area contributed by atoms with E-state index in [1.807, 2.05) is 0 Å². The highest BCUT2D eigenvalue weighted by molar-refractivity contribution is 6.03. The van der Waals surface area contributed by atoms with Crippen LogP contribution in [0.4, 0.5) is 4.39 Å². The first-order valence-corrected chi connectivity index (χ1v) is 13.3. The number of hydrogen-bond acceptors (Lipinski definition) is 4. The van der Waals surface area contributed by atoms with Crippen LogP contribution in [0.2, 0.25) is 0 Å². The fourth-order valence-electron chi connectivity index (χ4n) is 4.04. The number of carbonyl (C=O) groups is 2. The molecule has 5 heteroatoms. The molecule has 0 amide bonds. The molecule has 0 aliphatic heterocycles. The van der Waals surface area contributed by atoms with E-state index in [-0.39, 0.29) is 23.3 Å². The number of carbonyl (C=O) groups excluding carboxylic acids is 2.